The van der Waals surface area contributed by atoms with Gasteiger partial charge in [-0.25, -0.2) is 9.97 Å². The Balaban J connectivity index is 0.914. The third-order valence-electron chi connectivity index (χ3n) is 12.8. The van der Waals surface area contributed by atoms with Crippen molar-refractivity contribution in [2.75, 3.05) is 76.9 Å². The summed E-state index contributed by atoms with van der Waals surface area (Å²) in [7, 11) is 5.54. The molecule has 4 heterocycles. The van der Waals surface area contributed by atoms with Crippen molar-refractivity contribution in [3.8, 4) is 33.8 Å². The molecule has 0 saturated carbocycles. The van der Waals surface area contributed by atoms with E-state index < -0.39 is 55.2 Å². The molecular weight excluding hydrogens is 1160 g/mol. The number of alkyl halides is 6. The Morgan fingerprint density at radius 2 is 0.953 bits per heavy atom. The summed E-state index contributed by atoms with van der Waals surface area (Å²) < 4.78 is 125. The molecule has 23 nitrogen and oxygen atoms in total. The SMILES string of the molecule is COc1cc(CO[PH](=O)OCc2ccc(Nc3ncc(C(F)(F)F)c(Nc4ccc(-c5cnn(CCCO)c5)cc4C(=O)N(C)C)n3)c(OC)c2)ccc1Nc1ncc(C(F)(F)F)c(Nc2ccc(-c3cnn(CCCO)c3)cc2C(=O)N(C)C)n1. The quantitative estimate of drug-likeness (QED) is 0.0217. The first-order valence-electron chi connectivity index (χ1n) is 26.1. The van der Waals surface area contributed by atoms with E-state index in [1.165, 1.54) is 101 Å². The van der Waals surface area contributed by atoms with Crippen molar-refractivity contribution in [2.24, 2.45) is 0 Å². The molecule has 0 aliphatic heterocycles. The Morgan fingerprint density at radius 1 is 0.558 bits per heavy atom. The molecule has 0 bridgehead atoms. The van der Waals surface area contributed by atoms with E-state index >= 15 is 0 Å². The molecular formula is C56H59F6N14O9P. The maximum absolute atomic E-state index is 14.4. The third-order valence-corrected chi connectivity index (χ3v) is 13.5. The second-order valence-electron chi connectivity index (χ2n) is 19.4. The monoisotopic (exact) mass is 1220 g/mol. The van der Waals surface area contributed by atoms with E-state index in [0.717, 1.165) is 0 Å². The number of nitrogens with zero attached hydrogens (tertiary/aromatic N) is 10. The zero-order valence-electron chi connectivity index (χ0n) is 47.0. The normalized spacial score (nSPS) is 11.6. The van der Waals surface area contributed by atoms with Crippen LogP contribution in [-0.4, -0.2) is 127 Å². The maximum Gasteiger partial charge on any atom is 0.421 e. The van der Waals surface area contributed by atoms with Crippen LogP contribution in [0.2, 0.25) is 0 Å². The Morgan fingerprint density at radius 3 is 1.31 bits per heavy atom. The smallest absolute Gasteiger partial charge is 0.421 e. The summed E-state index contributed by atoms with van der Waals surface area (Å²) in [5.74, 6) is -2.50. The van der Waals surface area contributed by atoms with Gasteiger partial charge in [0.15, 0.2) is 0 Å². The molecule has 0 saturated heterocycles. The molecule has 4 aromatic carbocycles. The van der Waals surface area contributed by atoms with Gasteiger partial charge in [-0.2, -0.15) is 46.5 Å². The molecule has 30 heteroatoms. The second-order valence-corrected chi connectivity index (χ2v) is 20.4. The summed E-state index contributed by atoms with van der Waals surface area (Å²) in [4.78, 5) is 45.6. The number of halogens is 6. The van der Waals surface area contributed by atoms with Gasteiger partial charge in [-0.15, -0.1) is 0 Å². The highest BCUT2D eigenvalue weighted by Gasteiger charge is 2.37. The van der Waals surface area contributed by atoms with Crippen LogP contribution in [0.5, 0.6) is 11.5 Å². The number of aliphatic hydroxyl groups is 2. The first-order valence-corrected chi connectivity index (χ1v) is 27.4. The first-order chi connectivity index (χ1) is 41.0. The zero-order valence-corrected chi connectivity index (χ0v) is 48.0. The van der Waals surface area contributed by atoms with Crippen LogP contribution in [0.15, 0.2) is 110 Å². The first kappa shape index (κ1) is 62.9. The average Bonchev–Trinajstić information content (AvgIpc) is 4.30. The lowest BCUT2D eigenvalue weighted by Gasteiger charge is -2.19. The molecule has 0 radical (unpaired) electrons. The number of rotatable bonds is 26. The van der Waals surface area contributed by atoms with Gasteiger partial charge >= 0.3 is 20.6 Å². The lowest BCUT2D eigenvalue weighted by Crippen LogP contribution is -2.23. The predicted octanol–water partition coefficient (Wildman–Crippen LogP) is 10.3. The van der Waals surface area contributed by atoms with Crippen LogP contribution in [0, 0.1) is 0 Å². The van der Waals surface area contributed by atoms with Crippen LogP contribution in [0.3, 0.4) is 0 Å². The molecule has 8 rings (SSSR count). The van der Waals surface area contributed by atoms with Crippen LogP contribution < -0.4 is 30.7 Å². The molecule has 0 aliphatic carbocycles. The fraction of sp³-hybridized carbons (Fsp3) is 0.286. The molecule has 6 N–H and O–H groups in total. The van der Waals surface area contributed by atoms with Gasteiger partial charge in [0.2, 0.25) is 11.9 Å². The molecule has 8 aromatic rings. The largest absolute Gasteiger partial charge is 0.495 e. The van der Waals surface area contributed by atoms with Crippen molar-refractivity contribution in [2.45, 2.75) is 51.5 Å². The number of hydrogen-bond donors (Lipinski definition) is 6. The number of ether oxygens (including phenoxy) is 2. The van der Waals surface area contributed by atoms with Gasteiger partial charge in [-0.1, -0.05) is 24.3 Å². The van der Waals surface area contributed by atoms with Crippen molar-refractivity contribution in [1.82, 2.24) is 49.3 Å². The maximum atomic E-state index is 14.4. The minimum atomic E-state index is -4.91. The van der Waals surface area contributed by atoms with Gasteiger partial charge in [0.1, 0.15) is 34.3 Å². The van der Waals surface area contributed by atoms with Gasteiger partial charge in [0.05, 0.1) is 73.7 Å². The van der Waals surface area contributed by atoms with Gasteiger partial charge in [0.25, 0.3) is 11.8 Å². The van der Waals surface area contributed by atoms with E-state index in [9.17, 15) is 50.7 Å². The van der Waals surface area contributed by atoms with Crippen molar-refractivity contribution in [3.05, 3.63) is 143 Å². The predicted molar refractivity (Wildman–Crippen MR) is 307 cm³/mol. The number of aryl methyl sites for hydroxylation is 2. The van der Waals surface area contributed by atoms with Crippen LogP contribution in [-0.2, 0) is 52.3 Å². The number of anilines is 8. The zero-order chi connectivity index (χ0) is 61.9. The highest BCUT2D eigenvalue weighted by molar-refractivity contribution is 7.33. The van der Waals surface area contributed by atoms with E-state index in [-0.39, 0.29) is 83.7 Å². The minimum absolute atomic E-state index is 0.0266. The Hall–Kier alpha value is -9.15. The summed E-state index contributed by atoms with van der Waals surface area (Å²) in [6.07, 6.45) is -1.08. The number of benzene rings is 4. The number of aliphatic hydroxyl groups excluding tert-OH is 2. The summed E-state index contributed by atoms with van der Waals surface area (Å²) in [6, 6.07) is 18.4. The topological polar surface area (TPSA) is 270 Å². The second kappa shape index (κ2) is 27.7. The molecule has 454 valence electrons. The number of aromatic nitrogens is 8. The number of amides is 2. The van der Waals surface area contributed by atoms with Crippen LogP contribution in [0.25, 0.3) is 22.3 Å². The number of hydrogen-bond acceptors (Lipinski definition) is 19. The third kappa shape index (κ3) is 15.8. The summed E-state index contributed by atoms with van der Waals surface area (Å²) in [5.41, 5.74) is 1.51. The van der Waals surface area contributed by atoms with E-state index in [0.29, 0.717) is 71.7 Å². The van der Waals surface area contributed by atoms with Crippen molar-refractivity contribution in [1.29, 1.82) is 0 Å². The van der Waals surface area contributed by atoms with E-state index in [4.69, 9.17) is 18.5 Å². The van der Waals surface area contributed by atoms with Gasteiger partial charge in [-0.05, 0) is 83.6 Å². The Labute approximate surface area is 488 Å². The van der Waals surface area contributed by atoms with Gasteiger partial charge < -0.3 is 59.8 Å². The van der Waals surface area contributed by atoms with Gasteiger partial charge in [-0.3, -0.25) is 23.5 Å². The minimum Gasteiger partial charge on any atom is -0.495 e. The van der Waals surface area contributed by atoms with Crippen molar-refractivity contribution < 1.29 is 69.2 Å². The van der Waals surface area contributed by atoms with Crippen LogP contribution >= 0.6 is 8.25 Å². The standard InChI is InChI=1S/C56H59F6N14O9P/c1-73(2)51(79)39-23-35(37-25-65-75(29-37)17-7-19-77)11-15-43(39)67-49-41(55(57,58)59)27-63-53(71-49)69-45-13-9-33(21-47(45)82-5)31-84-86(81)85-32-34-10-14-46(48(22-34)83-6)70-54-64-28-42(56(60,61)62)50(72-54)68-44-16-12-36(24-40(44)52(80)74(3)4)38-26-66-76(30-38)18-8-20-78/h9-16,21-30,77-78,86H,7-8,17-20,31-32H2,1-6H3,(H2,63,67,69,71)(H2,64,68,70,72). The lowest BCUT2D eigenvalue weighted by atomic mass is 10.0. The van der Waals surface area contributed by atoms with E-state index in [1.807, 2.05) is 0 Å². The van der Waals surface area contributed by atoms with E-state index in [1.54, 1.807) is 58.4 Å². The molecule has 2 amide bonds. The highest BCUT2D eigenvalue weighted by Crippen LogP contribution is 2.41. The van der Waals surface area contributed by atoms with Crippen LogP contribution in [0.4, 0.5) is 72.6 Å². The summed E-state index contributed by atoms with van der Waals surface area (Å²) in [6.45, 7) is 0.373. The molecule has 0 fully saturated rings. The summed E-state index contributed by atoms with van der Waals surface area (Å²) in [5, 5.41) is 38.1. The average molecular weight is 1220 g/mol. The van der Waals surface area contributed by atoms with Crippen molar-refractivity contribution >= 4 is 66.4 Å². The number of methoxy groups -OCH3 is 2. The van der Waals surface area contributed by atoms with E-state index in [2.05, 4.69) is 51.4 Å². The van der Waals surface area contributed by atoms with Crippen molar-refractivity contribution in [3.63, 3.8) is 0 Å². The molecule has 86 heavy (non-hydrogen) atoms. The lowest BCUT2D eigenvalue weighted by molar-refractivity contribution is -0.138. The Kier molecular flexibility index (Phi) is 20.3. The fourth-order valence-corrected chi connectivity index (χ4v) is 9.06. The fourth-order valence-electron chi connectivity index (χ4n) is 8.41. The molecule has 0 aliphatic rings. The van der Waals surface area contributed by atoms with Crippen LogP contribution in [0.1, 0.15) is 55.8 Å². The number of carbonyl (C=O) groups is 2. The molecule has 4 aromatic heterocycles. The molecule has 0 unspecified atom stereocenters. The highest BCUT2D eigenvalue weighted by atomic mass is 31.1. The number of carbonyl (C=O) groups excluding carboxylic acids is 2. The number of nitrogens with one attached hydrogen (secondary N) is 4. The molecule has 0 spiro atoms. The Bertz CT molecular complexity index is 3490. The summed E-state index contributed by atoms with van der Waals surface area (Å²) >= 11 is 0. The van der Waals surface area contributed by atoms with Gasteiger partial charge in [0, 0.05) is 90.4 Å². The molecule has 0 atom stereocenters.